The number of rotatable bonds is 2. The lowest BCUT2D eigenvalue weighted by Gasteiger charge is -2.03. The Kier molecular flexibility index (Phi) is 3.64. The number of benzene rings is 1. The number of hydrogen-bond donors (Lipinski definition) is 3. The number of aromatic amines is 1. The van der Waals surface area contributed by atoms with E-state index in [2.05, 4.69) is 22.1 Å². The number of amides is 1. The van der Waals surface area contributed by atoms with Crippen LogP contribution in [0.3, 0.4) is 0 Å². The Balaban J connectivity index is 2.09. The topological polar surface area (TPSA) is 88.0 Å². The Morgan fingerprint density at radius 3 is 2.74 bits per heavy atom. The Morgan fingerprint density at radius 1 is 1.32 bits per heavy atom. The third kappa shape index (κ3) is 3.23. The van der Waals surface area contributed by atoms with Crippen LogP contribution in [0, 0.1) is 11.8 Å². The maximum atomic E-state index is 11.9. The van der Waals surface area contributed by atoms with Gasteiger partial charge in [-0.3, -0.25) is 9.59 Å². The summed E-state index contributed by atoms with van der Waals surface area (Å²) in [6.45, 7) is 0. The Hall–Kier alpha value is -3.00. The molecular weight excluding hydrogens is 242 g/mol. The molecule has 0 unspecified atom stereocenters. The van der Waals surface area contributed by atoms with Gasteiger partial charge in [0, 0.05) is 23.1 Å². The van der Waals surface area contributed by atoms with Gasteiger partial charge in [-0.1, -0.05) is 5.92 Å². The number of aldehydes is 1. The first-order valence-electron chi connectivity index (χ1n) is 5.49. The number of carbonyl (C=O) groups is 2. The van der Waals surface area contributed by atoms with Crippen molar-refractivity contribution in [2.45, 2.75) is 0 Å². The van der Waals surface area contributed by atoms with Gasteiger partial charge in [-0.15, -0.1) is 0 Å². The van der Waals surface area contributed by atoms with Crippen LogP contribution in [0.15, 0.2) is 36.5 Å². The summed E-state index contributed by atoms with van der Waals surface area (Å²) in [6.07, 6.45) is 2.06. The van der Waals surface area contributed by atoms with Crippen molar-refractivity contribution in [3.63, 3.8) is 0 Å². The maximum Gasteiger partial charge on any atom is 0.272 e. The van der Waals surface area contributed by atoms with Gasteiger partial charge < -0.3 is 16.0 Å². The van der Waals surface area contributed by atoms with Gasteiger partial charge in [0.05, 0.1) is 0 Å². The van der Waals surface area contributed by atoms with Crippen LogP contribution in [0.5, 0.6) is 0 Å². The normalized spacial score (nSPS) is 9.26. The van der Waals surface area contributed by atoms with Gasteiger partial charge in [0.25, 0.3) is 5.91 Å². The van der Waals surface area contributed by atoms with E-state index in [0.29, 0.717) is 28.9 Å². The van der Waals surface area contributed by atoms with Gasteiger partial charge in [-0.2, -0.15) is 0 Å². The van der Waals surface area contributed by atoms with Crippen LogP contribution in [0.25, 0.3) is 0 Å². The molecule has 0 bridgehead atoms. The predicted molar refractivity (Wildman–Crippen MR) is 72.5 cm³/mol. The fourth-order valence-corrected chi connectivity index (χ4v) is 1.48. The smallest absolute Gasteiger partial charge is 0.272 e. The second-order valence-electron chi connectivity index (χ2n) is 3.77. The Morgan fingerprint density at radius 2 is 2.05 bits per heavy atom. The number of aromatic nitrogens is 1. The Bertz CT molecular complexity index is 660. The van der Waals surface area contributed by atoms with E-state index in [9.17, 15) is 9.59 Å². The lowest BCUT2D eigenvalue weighted by Crippen LogP contribution is -2.12. The molecule has 94 valence electrons. The van der Waals surface area contributed by atoms with E-state index in [4.69, 9.17) is 5.73 Å². The van der Waals surface area contributed by atoms with Gasteiger partial charge in [-0.25, -0.2) is 0 Å². The minimum atomic E-state index is -0.288. The number of carbonyl (C=O) groups excluding carboxylic acids is 2. The molecule has 0 spiro atoms. The molecular formula is C14H11N3O2. The minimum absolute atomic E-state index is 0.288. The first-order chi connectivity index (χ1) is 9.19. The summed E-state index contributed by atoms with van der Waals surface area (Å²) in [7, 11) is 0. The van der Waals surface area contributed by atoms with Crippen molar-refractivity contribution in [3.05, 3.63) is 47.8 Å². The largest absolute Gasteiger partial charge is 0.399 e. The molecule has 4 N–H and O–H groups in total. The van der Waals surface area contributed by atoms with Gasteiger partial charge in [0.2, 0.25) is 0 Å². The number of nitrogen functional groups attached to an aromatic ring is 1. The second kappa shape index (κ2) is 5.56. The first kappa shape index (κ1) is 12.5. The molecule has 5 heteroatoms. The minimum Gasteiger partial charge on any atom is -0.399 e. The number of nitrogens with one attached hydrogen (secondary N) is 2. The van der Waals surface area contributed by atoms with Crippen LogP contribution < -0.4 is 11.1 Å². The summed E-state index contributed by atoms with van der Waals surface area (Å²) >= 11 is 0. The SMILES string of the molecule is Nc1ccc(NC(=O)c2cc(C#CC=O)c[nH]2)cc1. The molecule has 1 amide bonds. The zero-order valence-corrected chi connectivity index (χ0v) is 9.94. The lowest BCUT2D eigenvalue weighted by molar-refractivity contribution is -0.103. The molecule has 1 heterocycles. The van der Waals surface area contributed by atoms with E-state index in [-0.39, 0.29) is 5.91 Å². The average Bonchev–Trinajstić information content (AvgIpc) is 2.88. The molecule has 0 fully saturated rings. The highest BCUT2D eigenvalue weighted by molar-refractivity contribution is 6.03. The van der Waals surface area contributed by atoms with Crippen molar-refractivity contribution < 1.29 is 9.59 Å². The van der Waals surface area contributed by atoms with E-state index in [1.807, 2.05) is 0 Å². The summed E-state index contributed by atoms with van der Waals surface area (Å²) in [5, 5.41) is 2.71. The van der Waals surface area contributed by atoms with Gasteiger partial charge in [-0.05, 0) is 36.3 Å². The predicted octanol–water partition coefficient (Wildman–Crippen LogP) is 1.40. The van der Waals surface area contributed by atoms with Crippen molar-refractivity contribution in [3.8, 4) is 11.8 Å². The monoisotopic (exact) mass is 253 g/mol. The van der Waals surface area contributed by atoms with Crippen LogP contribution in [-0.2, 0) is 4.79 Å². The molecule has 0 atom stereocenters. The van der Waals surface area contributed by atoms with Crippen LogP contribution >= 0.6 is 0 Å². The number of anilines is 2. The molecule has 2 aromatic rings. The van der Waals surface area contributed by atoms with E-state index < -0.39 is 0 Å². The summed E-state index contributed by atoms with van der Waals surface area (Å²) in [5.74, 6) is 4.58. The van der Waals surface area contributed by atoms with Crippen molar-refractivity contribution in [2.75, 3.05) is 11.1 Å². The molecule has 5 nitrogen and oxygen atoms in total. The summed E-state index contributed by atoms with van der Waals surface area (Å²) < 4.78 is 0. The van der Waals surface area contributed by atoms with E-state index in [0.717, 1.165) is 0 Å². The highest BCUT2D eigenvalue weighted by Crippen LogP contribution is 2.12. The summed E-state index contributed by atoms with van der Waals surface area (Å²) in [6, 6.07) is 8.40. The van der Waals surface area contributed by atoms with Crippen LogP contribution in [-0.4, -0.2) is 17.2 Å². The maximum absolute atomic E-state index is 11.9. The quantitative estimate of drug-likeness (QED) is 0.429. The molecule has 0 radical (unpaired) electrons. The fraction of sp³-hybridized carbons (Fsp3) is 0. The number of hydrogen-bond acceptors (Lipinski definition) is 3. The molecule has 0 aliphatic carbocycles. The average molecular weight is 253 g/mol. The molecule has 19 heavy (non-hydrogen) atoms. The van der Waals surface area contributed by atoms with Crippen molar-refractivity contribution in [1.29, 1.82) is 0 Å². The summed E-state index contributed by atoms with van der Waals surface area (Å²) in [4.78, 5) is 24.8. The second-order valence-corrected chi connectivity index (χ2v) is 3.77. The zero-order valence-electron chi connectivity index (χ0n) is 9.94. The lowest BCUT2D eigenvalue weighted by atomic mass is 10.2. The summed E-state index contributed by atoms with van der Waals surface area (Å²) in [5.41, 5.74) is 7.78. The fourth-order valence-electron chi connectivity index (χ4n) is 1.48. The zero-order chi connectivity index (χ0) is 13.7. The third-order valence-electron chi connectivity index (χ3n) is 2.37. The molecule has 0 aliphatic rings. The molecule has 1 aromatic heterocycles. The molecule has 0 saturated heterocycles. The van der Waals surface area contributed by atoms with E-state index >= 15 is 0 Å². The highest BCUT2D eigenvalue weighted by Gasteiger charge is 2.08. The number of nitrogens with two attached hydrogens (primary N) is 1. The van der Waals surface area contributed by atoms with Crippen LogP contribution in [0.1, 0.15) is 16.1 Å². The standard InChI is InChI=1S/C14H11N3O2/c15-11-3-5-12(6-4-11)17-14(19)13-8-10(9-16-13)2-1-7-18/h3-9,16H,15H2,(H,17,19). The molecule has 0 aliphatic heterocycles. The molecule has 0 saturated carbocycles. The molecule has 1 aromatic carbocycles. The van der Waals surface area contributed by atoms with Gasteiger partial charge in [0.1, 0.15) is 5.69 Å². The van der Waals surface area contributed by atoms with Crippen molar-refractivity contribution >= 4 is 23.6 Å². The van der Waals surface area contributed by atoms with E-state index in [1.54, 1.807) is 36.5 Å². The van der Waals surface area contributed by atoms with Crippen LogP contribution in [0.2, 0.25) is 0 Å². The number of H-pyrrole nitrogens is 1. The Labute approximate surface area is 109 Å². The van der Waals surface area contributed by atoms with Crippen molar-refractivity contribution in [2.24, 2.45) is 0 Å². The van der Waals surface area contributed by atoms with Crippen LogP contribution in [0.4, 0.5) is 11.4 Å². The third-order valence-corrected chi connectivity index (χ3v) is 2.37. The van der Waals surface area contributed by atoms with Crippen molar-refractivity contribution in [1.82, 2.24) is 4.98 Å². The highest BCUT2D eigenvalue weighted by atomic mass is 16.1. The van der Waals surface area contributed by atoms with E-state index in [1.165, 1.54) is 0 Å². The molecule has 2 rings (SSSR count). The first-order valence-corrected chi connectivity index (χ1v) is 5.49. The van der Waals surface area contributed by atoms with Gasteiger partial charge in [0.15, 0.2) is 6.29 Å². The van der Waals surface area contributed by atoms with Gasteiger partial charge >= 0.3 is 0 Å².